The summed E-state index contributed by atoms with van der Waals surface area (Å²) in [6.45, 7) is 0. The Labute approximate surface area is 110 Å². The molecular formula is C14H16F2O3. The van der Waals surface area contributed by atoms with Crippen LogP contribution in [-0.4, -0.2) is 23.1 Å². The molecule has 1 aliphatic carbocycles. The Kier molecular flexibility index (Phi) is 4.14. The molecule has 1 fully saturated rings. The summed E-state index contributed by atoms with van der Waals surface area (Å²) in [7, 11) is 0. The van der Waals surface area contributed by atoms with Crippen LogP contribution in [0.25, 0.3) is 0 Å². The Morgan fingerprint density at radius 2 is 2.05 bits per heavy atom. The molecule has 1 aromatic carbocycles. The summed E-state index contributed by atoms with van der Waals surface area (Å²) in [4.78, 5) is 11.7. The van der Waals surface area contributed by atoms with Crippen LogP contribution >= 0.6 is 0 Å². The van der Waals surface area contributed by atoms with Gasteiger partial charge in [0.05, 0.1) is 0 Å². The molecule has 0 saturated heterocycles. The highest BCUT2D eigenvalue weighted by molar-refractivity contribution is 5.76. The van der Waals surface area contributed by atoms with Crippen molar-refractivity contribution in [3.63, 3.8) is 0 Å². The zero-order chi connectivity index (χ0) is 13.9. The lowest BCUT2D eigenvalue weighted by Gasteiger charge is -2.29. The van der Waals surface area contributed by atoms with Crippen molar-refractivity contribution < 1.29 is 23.4 Å². The van der Waals surface area contributed by atoms with Crippen molar-refractivity contribution in [2.75, 3.05) is 0 Å². The molecular weight excluding hydrogens is 254 g/mol. The summed E-state index contributed by atoms with van der Waals surface area (Å²) >= 11 is 0. The maximum Gasteiger partial charge on any atom is 0.339 e. The number of alkyl halides is 2. The van der Waals surface area contributed by atoms with E-state index in [0.717, 1.165) is 0 Å². The van der Waals surface area contributed by atoms with E-state index in [1.165, 1.54) is 0 Å². The lowest BCUT2D eigenvalue weighted by atomic mass is 9.94. The van der Waals surface area contributed by atoms with Gasteiger partial charge in [0.25, 0.3) is 5.92 Å². The van der Waals surface area contributed by atoms with E-state index in [4.69, 9.17) is 4.74 Å². The molecule has 0 aliphatic heterocycles. The Hall–Kier alpha value is -1.49. The highest BCUT2D eigenvalue weighted by Crippen LogP contribution is 2.35. The molecule has 0 heterocycles. The number of esters is 1. The van der Waals surface area contributed by atoms with Gasteiger partial charge in [-0.1, -0.05) is 30.3 Å². The predicted molar refractivity (Wildman–Crippen MR) is 64.7 cm³/mol. The number of aliphatic hydroxyl groups is 1. The molecule has 1 saturated carbocycles. The average molecular weight is 270 g/mol. The minimum atomic E-state index is -2.78. The molecule has 3 nitrogen and oxygen atoms in total. The van der Waals surface area contributed by atoms with Gasteiger partial charge in [0.1, 0.15) is 6.10 Å². The maximum absolute atomic E-state index is 13.2. The Morgan fingerprint density at radius 3 is 2.68 bits per heavy atom. The minimum absolute atomic E-state index is 0.164. The molecule has 1 aromatic rings. The molecule has 19 heavy (non-hydrogen) atoms. The number of rotatable bonds is 3. The van der Waals surface area contributed by atoms with Gasteiger partial charge >= 0.3 is 5.97 Å². The van der Waals surface area contributed by atoms with Gasteiger partial charge in [0, 0.05) is 12.8 Å². The summed E-state index contributed by atoms with van der Waals surface area (Å²) in [5, 5.41) is 9.79. The topological polar surface area (TPSA) is 46.5 Å². The number of benzene rings is 1. The zero-order valence-electron chi connectivity index (χ0n) is 10.4. The molecule has 0 spiro atoms. The van der Waals surface area contributed by atoms with Crippen molar-refractivity contribution >= 4 is 5.97 Å². The van der Waals surface area contributed by atoms with E-state index < -0.39 is 30.5 Å². The molecule has 0 unspecified atom stereocenters. The number of halogens is 2. The van der Waals surface area contributed by atoms with Gasteiger partial charge in [-0.15, -0.1) is 0 Å². The third-order valence-electron chi connectivity index (χ3n) is 3.22. The van der Waals surface area contributed by atoms with E-state index in [2.05, 4.69) is 0 Å². The quantitative estimate of drug-likeness (QED) is 0.859. The fourth-order valence-electron chi connectivity index (χ4n) is 2.23. The SMILES string of the molecule is O=C(O[C@H]1CCCC(F)(F)C1)[C@H](O)c1ccccc1. The maximum atomic E-state index is 13.2. The van der Waals surface area contributed by atoms with Crippen LogP contribution < -0.4 is 0 Å². The first kappa shape index (κ1) is 13.9. The largest absolute Gasteiger partial charge is 0.460 e. The summed E-state index contributed by atoms with van der Waals surface area (Å²) in [5.74, 6) is -3.64. The van der Waals surface area contributed by atoms with E-state index in [0.29, 0.717) is 18.4 Å². The molecule has 5 heteroatoms. The zero-order valence-corrected chi connectivity index (χ0v) is 10.4. The Balaban J connectivity index is 1.94. The summed E-state index contributed by atoms with van der Waals surface area (Å²) in [5.41, 5.74) is 0.398. The van der Waals surface area contributed by atoms with Crippen molar-refractivity contribution in [2.45, 2.75) is 43.8 Å². The minimum Gasteiger partial charge on any atom is -0.460 e. The van der Waals surface area contributed by atoms with E-state index >= 15 is 0 Å². The average Bonchev–Trinajstić information content (AvgIpc) is 2.37. The molecule has 0 aromatic heterocycles. The number of aliphatic hydroxyl groups excluding tert-OH is 1. The molecule has 2 rings (SSSR count). The highest BCUT2D eigenvalue weighted by atomic mass is 19.3. The van der Waals surface area contributed by atoms with Crippen molar-refractivity contribution in [3.05, 3.63) is 35.9 Å². The second kappa shape index (κ2) is 5.65. The molecule has 2 atom stereocenters. The number of ether oxygens (including phenoxy) is 1. The van der Waals surface area contributed by atoms with Crippen LogP contribution in [0.15, 0.2) is 30.3 Å². The Bertz CT molecular complexity index is 434. The molecule has 0 amide bonds. The van der Waals surface area contributed by atoms with Gasteiger partial charge in [-0.05, 0) is 18.4 Å². The number of carbonyl (C=O) groups is 1. The number of hydrogen-bond donors (Lipinski definition) is 1. The van der Waals surface area contributed by atoms with Gasteiger partial charge in [-0.25, -0.2) is 13.6 Å². The van der Waals surface area contributed by atoms with E-state index in [1.807, 2.05) is 0 Å². The smallest absolute Gasteiger partial charge is 0.339 e. The van der Waals surface area contributed by atoms with Gasteiger partial charge < -0.3 is 9.84 Å². The van der Waals surface area contributed by atoms with Crippen LogP contribution in [0.2, 0.25) is 0 Å². The molecule has 0 bridgehead atoms. The third-order valence-corrected chi connectivity index (χ3v) is 3.22. The number of carbonyl (C=O) groups excluding carboxylic acids is 1. The molecule has 1 N–H and O–H groups in total. The third kappa shape index (κ3) is 3.73. The standard InChI is InChI=1S/C14H16F2O3/c15-14(16)8-4-7-11(9-14)19-13(18)12(17)10-5-2-1-3-6-10/h1-3,5-6,11-12,17H,4,7-9H2/t11-,12+/m0/s1. The molecule has 104 valence electrons. The van der Waals surface area contributed by atoms with Crippen LogP contribution in [0.4, 0.5) is 8.78 Å². The molecule has 1 aliphatic rings. The van der Waals surface area contributed by atoms with Crippen molar-refractivity contribution in [1.82, 2.24) is 0 Å². The van der Waals surface area contributed by atoms with Crippen LogP contribution in [-0.2, 0) is 9.53 Å². The van der Waals surface area contributed by atoms with Crippen LogP contribution in [0, 0.1) is 0 Å². The normalized spacial score (nSPS) is 23.6. The molecule has 0 radical (unpaired) electrons. The van der Waals surface area contributed by atoms with Crippen LogP contribution in [0.3, 0.4) is 0 Å². The first-order valence-electron chi connectivity index (χ1n) is 6.29. The van der Waals surface area contributed by atoms with Crippen molar-refractivity contribution in [3.8, 4) is 0 Å². The van der Waals surface area contributed by atoms with Crippen molar-refractivity contribution in [1.29, 1.82) is 0 Å². The van der Waals surface area contributed by atoms with E-state index in [9.17, 15) is 18.7 Å². The lowest BCUT2D eigenvalue weighted by Crippen LogP contribution is -2.33. The van der Waals surface area contributed by atoms with E-state index in [-0.39, 0.29) is 6.42 Å². The predicted octanol–water partition coefficient (Wildman–Crippen LogP) is 2.84. The number of hydrogen-bond acceptors (Lipinski definition) is 3. The fourth-order valence-corrected chi connectivity index (χ4v) is 2.23. The second-order valence-electron chi connectivity index (χ2n) is 4.82. The first-order chi connectivity index (χ1) is 8.98. The monoisotopic (exact) mass is 270 g/mol. The summed E-state index contributed by atoms with van der Waals surface area (Å²) in [6, 6.07) is 8.28. The van der Waals surface area contributed by atoms with Gasteiger partial charge in [-0.3, -0.25) is 0 Å². The van der Waals surface area contributed by atoms with Gasteiger partial charge in [-0.2, -0.15) is 0 Å². The summed E-state index contributed by atoms with van der Waals surface area (Å²) < 4.78 is 31.3. The van der Waals surface area contributed by atoms with Crippen molar-refractivity contribution in [2.24, 2.45) is 0 Å². The van der Waals surface area contributed by atoms with Gasteiger partial charge in [0.2, 0.25) is 0 Å². The first-order valence-corrected chi connectivity index (χ1v) is 6.29. The fraction of sp³-hybridized carbons (Fsp3) is 0.500. The van der Waals surface area contributed by atoms with Gasteiger partial charge in [0.15, 0.2) is 6.10 Å². The summed E-state index contributed by atoms with van der Waals surface area (Å²) in [6.07, 6.45) is -2.11. The lowest BCUT2D eigenvalue weighted by molar-refractivity contribution is -0.168. The van der Waals surface area contributed by atoms with E-state index in [1.54, 1.807) is 30.3 Å². The second-order valence-corrected chi connectivity index (χ2v) is 4.82. The Morgan fingerprint density at radius 1 is 1.37 bits per heavy atom. The van der Waals surface area contributed by atoms with Crippen LogP contribution in [0.5, 0.6) is 0 Å². The van der Waals surface area contributed by atoms with Crippen LogP contribution in [0.1, 0.15) is 37.4 Å². The highest BCUT2D eigenvalue weighted by Gasteiger charge is 2.38.